The normalized spacial score (nSPS) is 10.7. The number of anilines is 1. The summed E-state index contributed by atoms with van der Waals surface area (Å²) in [6.07, 6.45) is 7.76. The van der Waals surface area contributed by atoms with Crippen LogP contribution in [0.4, 0.5) is 5.69 Å². The summed E-state index contributed by atoms with van der Waals surface area (Å²) in [4.78, 5) is 10.7. The molecule has 0 fully saturated rings. The molecule has 21 heavy (non-hydrogen) atoms. The Morgan fingerprint density at radius 1 is 1.00 bits per heavy atom. The topological polar surface area (TPSA) is 29.0 Å². The van der Waals surface area contributed by atoms with E-state index in [4.69, 9.17) is 0 Å². The second kappa shape index (κ2) is 6.35. The fraction of sp³-hybridized carbons (Fsp3) is 0.222. The smallest absolute Gasteiger partial charge is 0.0703 e. The van der Waals surface area contributed by atoms with E-state index in [0.717, 1.165) is 24.9 Å². The van der Waals surface area contributed by atoms with Crippen molar-refractivity contribution in [2.45, 2.75) is 12.8 Å². The van der Waals surface area contributed by atoms with Crippen LogP contribution in [0.2, 0.25) is 0 Å². The summed E-state index contributed by atoms with van der Waals surface area (Å²) < 4.78 is 0. The van der Waals surface area contributed by atoms with Crippen LogP contribution >= 0.6 is 0 Å². The third kappa shape index (κ3) is 3.37. The Labute approximate surface area is 125 Å². The van der Waals surface area contributed by atoms with Crippen molar-refractivity contribution < 1.29 is 0 Å². The van der Waals surface area contributed by atoms with Crippen LogP contribution in [-0.2, 0) is 6.42 Å². The first-order valence-electron chi connectivity index (χ1n) is 7.28. The molecule has 0 saturated heterocycles. The molecule has 0 N–H and O–H groups in total. The number of nitrogens with zero attached hydrogens (tertiary/aromatic N) is 3. The largest absolute Gasteiger partial charge is 0.375 e. The third-order valence-corrected chi connectivity index (χ3v) is 3.74. The van der Waals surface area contributed by atoms with Crippen molar-refractivity contribution in [1.29, 1.82) is 0 Å². The van der Waals surface area contributed by atoms with Crippen molar-refractivity contribution >= 4 is 16.6 Å². The Balaban J connectivity index is 1.62. The molecule has 0 amide bonds. The lowest BCUT2D eigenvalue weighted by molar-refractivity contribution is 0.785. The van der Waals surface area contributed by atoms with Crippen molar-refractivity contribution in [3.8, 4) is 0 Å². The maximum absolute atomic E-state index is 4.36. The van der Waals surface area contributed by atoms with Gasteiger partial charge in [-0.2, -0.15) is 0 Å². The quantitative estimate of drug-likeness (QED) is 0.712. The number of fused-ring (bicyclic) bond motifs is 1. The molecule has 1 aromatic carbocycles. The molecule has 2 aromatic heterocycles. The minimum Gasteiger partial charge on any atom is -0.375 e. The molecule has 3 nitrogen and oxygen atoms in total. The van der Waals surface area contributed by atoms with E-state index in [1.54, 1.807) is 0 Å². The third-order valence-electron chi connectivity index (χ3n) is 3.74. The minimum absolute atomic E-state index is 1.04. The molecule has 0 aliphatic rings. The zero-order chi connectivity index (χ0) is 14.5. The predicted molar refractivity (Wildman–Crippen MR) is 87.6 cm³/mol. The molecule has 0 bridgehead atoms. The number of aryl methyl sites for hydroxylation is 1. The van der Waals surface area contributed by atoms with Crippen LogP contribution in [0.1, 0.15) is 12.0 Å². The average Bonchev–Trinajstić information content (AvgIpc) is 2.55. The SMILES string of the molecule is CN(CCCc1ccncc1)c1ccc2ncccc2c1. The van der Waals surface area contributed by atoms with Crippen molar-refractivity contribution in [3.63, 3.8) is 0 Å². The van der Waals surface area contributed by atoms with Gasteiger partial charge in [0.2, 0.25) is 0 Å². The fourth-order valence-corrected chi connectivity index (χ4v) is 2.50. The first kappa shape index (κ1) is 13.6. The summed E-state index contributed by atoms with van der Waals surface area (Å²) in [5, 5.41) is 1.19. The van der Waals surface area contributed by atoms with E-state index in [0.29, 0.717) is 0 Å². The van der Waals surface area contributed by atoms with Gasteiger partial charge in [0.05, 0.1) is 5.52 Å². The highest BCUT2D eigenvalue weighted by Gasteiger charge is 2.03. The second-order valence-corrected chi connectivity index (χ2v) is 5.26. The van der Waals surface area contributed by atoms with Gasteiger partial charge in [0.15, 0.2) is 0 Å². The minimum atomic E-state index is 1.04. The van der Waals surface area contributed by atoms with Gasteiger partial charge in [0, 0.05) is 43.3 Å². The van der Waals surface area contributed by atoms with Crippen molar-refractivity contribution in [2.24, 2.45) is 0 Å². The van der Waals surface area contributed by atoms with E-state index < -0.39 is 0 Å². The van der Waals surface area contributed by atoms with Crippen LogP contribution in [0, 0.1) is 0 Å². The molecule has 0 atom stereocenters. The maximum atomic E-state index is 4.36. The second-order valence-electron chi connectivity index (χ2n) is 5.26. The van der Waals surface area contributed by atoms with Crippen molar-refractivity contribution in [3.05, 3.63) is 66.6 Å². The summed E-state index contributed by atoms with van der Waals surface area (Å²) in [6, 6.07) is 14.7. The summed E-state index contributed by atoms with van der Waals surface area (Å²) in [7, 11) is 2.14. The molecular formula is C18H19N3. The van der Waals surface area contributed by atoms with Crippen molar-refractivity contribution in [2.75, 3.05) is 18.5 Å². The molecule has 2 heterocycles. The van der Waals surface area contributed by atoms with Gasteiger partial charge >= 0.3 is 0 Å². The van der Waals surface area contributed by atoms with Crippen LogP contribution in [0.3, 0.4) is 0 Å². The lowest BCUT2D eigenvalue weighted by Crippen LogP contribution is -2.18. The zero-order valence-corrected chi connectivity index (χ0v) is 12.2. The average molecular weight is 277 g/mol. The van der Waals surface area contributed by atoms with E-state index in [1.807, 2.05) is 24.7 Å². The van der Waals surface area contributed by atoms with Crippen LogP contribution in [0.5, 0.6) is 0 Å². The number of rotatable bonds is 5. The van der Waals surface area contributed by atoms with Gasteiger partial charge in [-0.1, -0.05) is 6.07 Å². The van der Waals surface area contributed by atoms with Gasteiger partial charge in [-0.3, -0.25) is 9.97 Å². The highest BCUT2D eigenvalue weighted by atomic mass is 15.1. The Kier molecular flexibility index (Phi) is 4.10. The highest BCUT2D eigenvalue weighted by Crippen LogP contribution is 2.20. The molecule has 3 rings (SSSR count). The highest BCUT2D eigenvalue weighted by molar-refractivity contribution is 5.82. The Bertz CT molecular complexity index is 710. The lowest BCUT2D eigenvalue weighted by Gasteiger charge is -2.19. The zero-order valence-electron chi connectivity index (χ0n) is 12.2. The molecule has 0 unspecified atom stereocenters. The number of hydrogen-bond acceptors (Lipinski definition) is 3. The van der Waals surface area contributed by atoms with Gasteiger partial charge in [0.25, 0.3) is 0 Å². The van der Waals surface area contributed by atoms with Crippen LogP contribution in [-0.4, -0.2) is 23.6 Å². The standard InChI is InChI=1S/C18H19N3/c1-21(13-3-4-15-8-11-19-12-9-15)17-6-7-18-16(14-17)5-2-10-20-18/h2,5-12,14H,3-4,13H2,1H3. The number of aromatic nitrogens is 2. The summed E-state index contributed by atoms with van der Waals surface area (Å²) in [5.41, 5.74) is 3.64. The molecule has 0 aliphatic heterocycles. The van der Waals surface area contributed by atoms with Gasteiger partial charge in [-0.05, 0) is 54.8 Å². The van der Waals surface area contributed by atoms with Gasteiger partial charge in [-0.25, -0.2) is 0 Å². The van der Waals surface area contributed by atoms with Crippen LogP contribution in [0.15, 0.2) is 61.1 Å². The van der Waals surface area contributed by atoms with E-state index in [2.05, 4.69) is 58.3 Å². The molecule has 0 spiro atoms. The maximum Gasteiger partial charge on any atom is 0.0703 e. The Morgan fingerprint density at radius 2 is 1.86 bits per heavy atom. The van der Waals surface area contributed by atoms with E-state index in [1.165, 1.54) is 16.6 Å². The van der Waals surface area contributed by atoms with E-state index >= 15 is 0 Å². The number of pyridine rings is 2. The van der Waals surface area contributed by atoms with Gasteiger partial charge in [0.1, 0.15) is 0 Å². The van der Waals surface area contributed by atoms with Crippen LogP contribution < -0.4 is 4.90 Å². The molecule has 3 heteroatoms. The summed E-state index contributed by atoms with van der Waals surface area (Å²) >= 11 is 0. The van der Waals surface area contributed by atoms with E-state index in [9.17, 15) is 0 Å². The first-order chi connectivity index (χ1) is 10.3. The summed E-state index contributed by atoms with van der Waals surface area (Å²) in [5.74, 6) is 0. The van der Waals surface area contributed by atoms with E-state index in [-0.39, 0.29) is 0 Å². The fourth-order valence-electron chi connectivity index (χ4n) is 2.50. The Morgan fingerprint density at radius 3 is 2.71 bits per heavy atom. The first-order valence-corrected chi connectivity index (χ1v) is 7.28. The lowest BCUT2D eigenvalue weighted by atomic mass is 10.1. The molecule has 3 aromatic rings. The summed E-state index contributed by atoms with van der Waals surface area (Å²) in [6.45, 7) is 1.04. The Hall–Kier alpha value is -2.42. The van der Waals surface area contributed by atoms with Crippen molar-refractivity contribution in [1.82, 2.24) is 9.97 Å². The number of benzene rings is 1. The molecule has 0 radical (unpaired) electrons. The monoisotopic (exact) mass is 277 g/mol. The molecule has 106 valence electrons. The molecule has 0 saturated carbocycles. The van der Waals surface area contributed by atoms with Gasteiger partial charge in [-0.15, -0.1) is 0 Å². The molecular weight excluding hydrogens is 258 g/mol. The number of hydrogen-bond donors (Lipinski definition) is 0. The molecule has 0 aliphatic carbocycles. The van der Waals surface area contributed by atoms with Gasteiger partial charge < -0.3 is 4.90 Å². The van der Waals surface area contributed by atoms with Crippen LogP contribution in [0.25, 0.3) is 10.9 Å². The predicted octanol–water partition coefficient (Wildman–Crippen LogP) is 3.70.